The average molecular weight is 445 g/mol. The van der Waals surface area contributed by atoms with E-state index in [1.807, 2.05) is 0 Å². The predicted molar refractivity (Wildman–Crippen MR) is 111 cm³/mol. The molecule has 5 nitrogen and oxygen atoms in total. The first kappa shape index (κ1) is 21.9. The summed E-state index contributed by atoms with van der Waals surface area (Å²) in [4.78, 5) is 25.5. The van der Waals surface area contributed by atoms with Crippen molar-refractivity contribution in [3.05, 3.63) is 64.6 Å². The standard InChI is InChI=1S/C24H22F3NO4/c1-12-22(16(24(31)32)8-13-4-2-3-5-13)15-10-21(29)19(27)11-20(15)28(12)23(30)14-6-7-17(25)18(26)9-14/h6-7,9-11,13,16,29H,2-5,8H2,1H3,(H,31,32). The van der Waals surface area contributed by atoms with Crippen LogP contribution in [0.25, 0.3) is 10.9 Å². The van der Waals surface area contributed by atoms with Gasteiger partial charge >= 0.3 is 5.97 Å². The van der Waals surface area contributed by atoms with Crippen LogP contribution in [-0.2, 0) is 4.79 Å². The van der Waals surface area contributed by atoms with Crippen LogP contribution in [0.2, 0.25) is 0 Å². The van der Waals surface area contributed by atoms with Gasteiger partial charge in [-0.1, -0.05) is 25.7 Å². The summed E-state index contributed by atoms with van der Waals surface area (Å²) in [6, 6.07) is 4.74. The van der Waals surface area contributed by atoms with Crippen molar-refractivity contribution < 1.29 is 33.0 Å². The van der Waals surface area contributed by atoms with Gasteiger partial charge in [0.1, 0.15) is 0 Å². The van der Waals surface area contributed by atoms with E-state index >= 15 is 0 Å². The lowest BCUT2D eigenvalue weighted by atomic mass is 9.86. The third kappa shape index (κ3) is 3.74. The Morgan fingerprint density at radius 2 is 1.75 bits per heavy atom. The van der Waals surface area contributed by atoms with Gasteiger partial charge in [0, 0.05) is 22.7 Å². The van der Waals surface area contributed by atoms with E-state index in [0.717, 1.165) is 60.6 Å². The number of hydrogen-bond acceptors (Lipinski definition) is 3. The molecule has 1 unspecified atom stereocenters. The number of nitrogens with zero attached hydrogens (tertiary/aromatic N) is 1. The molecule has 1 aliphatic rings. The Labute approximate surface area is 182 Å². The molecule has 0 spiro atoms. The lowest BCUT2D eigenvalue weighted by Gasteiger charge is -2.18. The second-order valence-electron chi connectivity index (χ2n) is 8.37. The molecule has 1 saturated carbocycles. The molecule has 32 heavy (non-hydrogen) atoms. The van der Waals surface area contributed by atoms with E-state index in [9.17, 15) is 33.0 Å². The topological polar surface area (TPSA) is 79.5 Å². The van der Waals surface area contributed by atoms with E-state index in [0.29, 0.717) is 12.0 Å². The zero-order valence-electron chi connectivity index (χ0n) is 17.4. The van der Waals surface area contributed by atoms with Crippen molar-refractivity contribution in [2.24, 2.45) is 5.92 Å². The summed E-state index contributed by atoms with van der Waals surface area (Å²) in [5.74, 6) is -6.57. The van der Waals surface area contributed by atoms with Crippen molar-refractivity contribution in [2.45, 2.75) is 44.9 Å². The smallest absolute Gasteiger partial charge is 0.311 e. The van der Waals surface area contributed by atoms with Gasteiger partial charge in [0.05, 0.1) is 11.4 Å². The molecule has 0 amide bonds. The minimum atomic E-state index is -1.21. The van der Waals surface area contributed by atoms with E-state index in [1.165, 1.54) is 6.92 Å². The van der Waals surface area contributed by atoms with Crippen LogP contribution >= 0.6 is 0 Å². The molecule has 0 aliphatic heterocycles. The molecule has 1 aromatic heterocycles. The number of phenolic OH excluding ortho intramolecular Hbond substituents is 1. The van der Waals surface area contributed by atoms with E-state index in [1.54, 1.807) is 0 Å². The van der Waals surface area contributed by atoms with E-state index in [4.69, 9.17) is 0 Å². The first-order chi connectivity index (χ1) is 15.2. The Hall–Kier alpha value is -3.29. The Morgan fingerprint density at radius 1 is 1.06 bits per heavy atom. The largest absolute Gasteiger partial charge is 0.505 e. The SMILES string of the molecule is Cc1c(C(CC2CCCC2)C(=O)O)c2cc(O)c(F)cc2n1C(=O)c1ccc(F)c(F)c1. The molecule has 0 radical (unpaired) electrons. The van der Waals surface area contributed by atoms with Crippen molar-refractivity contribution in [3.63, 3.8) is 0 Å². The molecule has 2 aromatic carbocycles. The maximum atomic E-state index is 14.2. The summed E-state index contributed by atoms with van der Waals surface area (Å²) in [7, 11) is 0. The summed E-state index contributed by atoms with van der Waals surface area (Å²) in [6.07, 6.45) is 4.23. The zero-order chi connectivity index (χ0) is 23.2. The van der Waals surface area contributed by atoms with Gasteiger partial charge in [-0.25, -0.2) is 13.2 Å². The van der Waals surface area contributed by atoms with E-state index < -0.39 is 41.0 Å². The monoisotopic (exact) mass is 445 g/mol. The number of carbonyl (C=O) groups excluding carboxylic acids is 1. The van der Waals surface area contributed by atoms with Gasteiger partial charge in [0.2, 0.25) is 0 Å². The quantitative estimate of drug-likeness (QED) is 0.543. The maximum absolute atomic E-state index is 14.2. The number of carbonyl (C=O) groups is 2. The highest BCUT2D eigenvalue weighted by molar-refractivity contribution is 6.05. The molecule has 168 valence electrons. The molecule has 8 heteroatoms. The lowest BCUT2D eigenvalue weighted by molar-refractivity contribution is -0.139. The van der Waals surface area contributed by atoms with Crippen molar-refractivity contribution >= 4 is 22.8 Å². The fourth-order valence-corrected chi connectivity index (χ4v) is 4.83. The van der Waals surface area contributed by atoms with Crippen LogP contribution in [0, 0.1) is 30.3 Å². The van der Waals surface area contributed by atoms with Gasteiger partial charge in [-0.05, 0) is 49.1 Å². The summed E-state index contributed by atoms with van der Waals surface area (Å²) >= 11 is 0. The van der Waals surface area contributed by atoms with Gasteiger partial charge in [-0.3, -0.25) is 14.2 Å². The fourth-order valence-electron chi connectivity index (χ4n) is 4.83. The van der Waals surface area contributed by atoms with Crippen LogP contribution in [0.1, 0.15) is 59.6 Å². The molecule has 1 heterocycles. The van der Waals surface area contributed by atoms with Crippen molar-refractivity contribution in [1.82, 2.24) is 4.57 Å². The van der Waals surface area contributed by atoms with Crippen LogP contribution in [0.5, 0.6) is 5.75 Å². The molecule has 0 saturated heterocycles. The van der Waals surface area contributed by atoms with Gasteiger partial charge in [0.15, 0.2) is 23.2 Å². The summed E-state index contributed by atoms with van der Waals surface area (Å²) in [5.41, 5.74) is 0.447. The third-order valence-electron chi connectivity index (χ3n) is 6.38. The lowest BCUT2D eigenvalue weighted by Crippen LogP contribution is -2.18. The molecular formula is C24H22F3NO4. The van der Waals surface area contributed by atoms with Crippen LogP contribution in [0.4, 0.5) is 13.2 Å². The van der Waals surface area contributed by atoms with E-state index in [2.05, 4.69) is 0 Å². The van der Waals surface area contributed by atoms with Gasteiger partial charge < -0.3 is 10.2 Å². The Balaban J connectivity index is 1.92. The first-order valence-corrected chi connectivity index (χ1v) is 10.4. The predicted octanol–water partition coefficient (Wildman–Crippen LogP) is 5.51. The Morgan fingerprint density at radius 3 is 2.38 bits per heavy atom. The number of hydrogen-bond donors (Lipinski definition) is 2. The summed E-state index contributed by atoms with van der Waals surface area (Å²) < 4.78 is 42.4. The molecule has 2 N–H and O–H groups in total. The number of rotatable bonds is 5. The fraction of sp³-hybridized carbons (Fsp3) is 0.333. The van der Waals surface area contributed by atoms with Crippen LogP contribution in [-0.4, -0.2) is 26.7 Å². The van der Waals surface area contributed by atoms with Crippen molar-refractivity contribution in [1.29, 1.82) is 0 Å². The number of aliphatic carboxylic acids is 1. The maximum Gasteiger partial charge on any atom is 0.311 e. The second kappa shape index (κ2) is 8.33. The number of benzene rings is 2. The van der Waals surface area contributed by atoms with Crippen molar-refractivity contribution in [2.75, 3.05) is 0 Å². The number of halogens is 3. The molecule has 4 rings (SSSR count). The Bertz CT molecular complexity index is 1230. The highest BCUT2D eigenvalue weighted by Gasteiger charge is 2.33. The van der Waals surface area contributed by atoms with Gasteiger partial charge in [-0.2, -0.15) is 0 Å². The normalized spacial score (nSPS) is 15.4. The zero-order valence-corrected chi connectivity index (χ0v) is 17.4. The molecule has 0 bridgehead atoms. The average Bonchev–Trinajstić information content (AvgIpc) is 3.34. The van der Waals surface area contributed by atoms with Crippen molar-refractivity contribution in [3.8, 4) is 5.75 Å². The number of fused-ring (bicyclic) bond motifs is 1. The summed E-state index contributed by atoms with van der Waals surface area (Å²) in [5, 5.41) is 20.2. The van der Waals surface area contributed by atoms with Gasteiger partial charge in [-0.15, -0.1) is 0 Å². The third-order valence-corrected chi connectivity index (χ3v) is 6.38. The van der Waals surface area contributed by atoms with E-state index in [-0.39, 0.29) is 28.1 Å². The number of phenols is 1. The minimum absolute atomic E-state index is 0.0557. The van der Waals surface area contributed by atoms with Crippen LogP contribution in [0.3, 0.4) is 0 Å². The van der Waals surface area contributed by atoms with Crippen LogP contribution < -0.4 is 0 Å². The molecular weight excluding hydrogens is 423 g/mol. The first-order valence-electron chi connectivity index (χ1n) is 10.4. The number of carboxylic acids is 1. The number of carboxylic acid groups (broad SMARTS) is 1. The second-order valence-corrected chi connectivity index (χ2v) is 8.37. The highest BCUT2D eigenvalue weighted by atomic mass is 19.2. The molecule has 1 fully saturated rings. The number of aromatic hydroxyl groups is 1. The summed E-state index contributed by atoms with van der Waals surface area (Å²) in [6.45, 7) is 1.53. The van der Waals surface area contributed by atoms with Crippen LogP contribution in [0.15, 0.2) is 30.3 Å². The minimum Gasteiger partial charge on any atom is -0.505 e. The molecule has 3 aromatic rings. The highest BCUT2D eigenvalue weighted by Crippen LogP contribution is 2.41. The van der Waals surface area contributed by atoms with Gasteiger partial charge in [0.25, 0.3) is 5.91 Å². The molecule has 1 aliphatic carbocycles. The number of aromatic nitrogens is 1. The molecule has 1 atom stereocenters. The Kier molecular flexibility index (Phi) is 5.71.